The van der Waals surface area contributed by atoms with Gasteiger partial charge in [-0.15, -0.1) is 11.3 Å². The molecule has 2 heterocycles. The van der Waals surface area contributed by atoms with Gasteiger partial charge in [-0.05, 0) is 51.2 Å². The van der Waals surface area contributed by atoms with Crippen LogP contribution in [-0.2, 0) is 0 Å². The molecule has 2 aromatic heterocycles. The van der Waals surface area contributed by atoms with Gasteiger partial charge in [0.25, 0.3) is 5.91 Å². The number of benzene rings is 1. The summed E-state index contributed by atoms with van der Waals surface area (Å²) in [5.41, 5.74) is 1.79. The lowest BCUT2D eigenvalue weighted by atomic mass is 10.3. The smallest absolute Gasteiger partial charge is 0.261 e. The van der Waals surface area contributed by atoms with Gasteiger partial charge in [-0.2, -0.15) is 5.10 Å². The quantitative estimate of drug-likeness (QED) is 0.661. The number of amides is 1. The van der Waals surface area contributed by atoms with Crippen LogP contribution in [0.5, 0.6) is 0 Å². The molecule has 0 spiro atoms. The van der Waals surface area contributed by atoms with Crippen molar-refractivity contribution in [1.82, 2.24) is 20.4 Å². The molecule has 0 bridgehead atoms. The number of fused-ring (bicyclic) bond motifs is 1. The minimum Gasteiger partial charge on any atom is -0.351 e. The Balaban J connectivity index is 1.88. The Morgan fingerprint density at radius 2 is 2.17 bits per heavy atom. The van der Waals surface area contributed by atoms with Crippen molar-refractivity contribution in [2.24, 2.45) is 0 Å². The fourth-order valence-corrected chi connectivity index (χ4v) is 3.78. The number of thiophene rings is 1. The maximum atomic E-state index is 12.3. The molecule has 1 amide bonds. The van der Waals surface area contributed by atoms with E-state index in [-0.39, 0.29) is 5.91 Å². The van der Waals surface area contributed by atoms with Crippen molar-refractivity contribution < 1.29 is 4.79 Å². The number of halogens is 1. The van der Waals surface area contributed by atoms with E-state index in [2.05, 4.69) is 15.7 Å². The zero-order valence-corrected chi connectivity index (χ0v) is 15.2. The Morgan fingerprint density at radius 3 is 2.92 bits per heavy atom. The van der Waals surface area contributed by atoms with E-state index in [0.29, 0.717) is 16.4 Å². The lowest BCUT2D eigenvalue weighted by molar-refractivity contribution is 0.0957. The van der Waals surface area contributed by atoms with Gasteiger partial charge in [0.1, 0.15) is 4.83 Å². The highest BCUT2D eigenvalue weighted by molar-refractivity contribution is 7.20. The second-order valence-electron chi connectivity index (χ2n) is 5.52. The first-order valence-electron chi connectivity index (χ1n) is 7.78. The number of carbonyl (C=O) groups excluding carboxylic acids is 1. The molecular weight excluding hydrogens is 344 g/mol. The van der Waals surface area contributed by atoms with Crippen LogP contribution in [0.1, 0.15) is 21.8 Å². The third kappa shape index (κ3) is 3.45. The molecule has 3 rings (SSSR count). The molecule has 0 fully saturated rings. The highest BCUT2D eigenvalue weighted by atomic mass is 35.5. The molecule has 3 aromatic rings. The van der Waals surface area contributed by atoms with E-state index in [1.54, 1.807) is 0 Å². The standard InChI is InChI=1S/C17H19ClN4OS/c1-11-14-10-15(16(23)20-8-4-7-19-2)24-17(14)22(21-11)13-6-3-5-12(18)9-13/h3,5-6,9-10,19H,4,7-8H2,1-2H3,(H,20,23). The highest BCUT2D eigenvalue weighted by Gasteiger charge is 2.17. The van der Waals surface area contributed by atoms with E-state index >= 15 is 0 Å². The molecule has 0 aliphatic rings. The van der Waals surface area contributed by atoms with Crippen LogP contribution in [0.15, 0.2) is 30.3 Å². The predicted octanol–water partition coefficient (Wildman–Crippen LogP) is 3.39. The average molecular weight is 363 g/mol. The van der Waals surface area contributed by atoms with Crippen molar-refractivity contribution in [2.45, 2.75) is 13.3 Å². The number of nitrogens with zero attached hydrogens (tertiary/aromatic N) is 2. The highest BCUT2D eigenvalue weighted by Crippen LogP contribution is 2.30. The molecule has 126 valence electrons. The van der Waals surface area contributed by atoms with Gasteiger partial charge in [0.15, 0.2) is 0 Å². The first kappa shape index (κ1) is 17.0. The van der Waals surface area contributed by atoms with Crippen LogP contribution >= 0.6 is 22.9 Å². The molecule has 0 aliphatic carbocycles. The summed E-state index contributed by atoms with van der Waals surface area (Å²) in [7, 11) is 1.90. The predicted molar refractivity (Wildman–Crippen MR) is 99.6 cm³/mol. The zero-order chi connectivity index (χ0) is 17.1. The summed E-state index contributed by atoms with van der Waals surface area (Å²) >= 11 is 7.53. The number of nitrogens with one attached hydrogen (secondary N) is 2. The fraction of sp³-hybridized carbons (Fsp3) is 0.294. The summed E-state index contributed by atoms with van der Waals surface area (Å²) in [5.74, 6) is -0.0376. The molecule has 0 unspecified atom stereocenters. The SMILES string of the molecule is CNCCCNC(=O)c1cc2c(C)nn(-c3cccc(Cl)c3)c2s1. The number of carbonyl (C=O) groups is 1. The maximum Gasteiger partial charge on any atom is 0.261 e. The summed E-state index contributed by atoms with van der Waals surface area (Å²) < 4.78 is 1.85. The molecule has 1 aromatic carbocycles. The molecule has 0 atom stereocenters. The molecule has 0 aliphatic heterocycles. The molecule has 2 N–H and O–H groups in total. The largest absolute Gasteiger partial charge is 0.351 e. The Bertz CT molecular complexity index is 871. The number of hydrogen-bond donors (Lipinski definition) is 2. The van der Waals surface area contributed by atoms with E-state index in [0.717, 1.165) is 34.6 Å². The van der Waals surface area contributed by atoms with Crippen molar-refractivity contribution in [3.63, 3.8) is 0 Å². The van der Waals surface area contributed by atoms with Gasteiger partial charge in [-0.3, -0.25) is 4.79 Å². The topological polar surface area (TPSA) is 58.9 Å². The minimum atomic E-state index is -0.0376. The fourth-order valence-electron chi connectivity index (χ4n) is 2.50. The van der Waals surface area contributed by atoms with Gasteiger partial charge in [-0.1, -0.05) is 17.7 Å². The summed E-state index contributed by atoms with van der Waals surface area (Å²) in [6.45, 7) is 3.49. The average Bonchev–Trinajstić information content (AvgIpc) is 3.12. The van der Waals surface area contributed by atoms with Gasteiger partial charge in [0.2, 0.25) is 0 Å². The third-order valence-corrected chi connectivity index (χ3v) is 5.05. The third-order valence-electron chi connectivity index (χ3n) is 3.71. The van der Waals surface area contributed by atoms with Crippen molar-refractivity contribution in [2.75, 3.05) is 20.1 Å². The Labute approximate surface area is 149 Å². The van der Waals surface area contributed by atoms with Crippen LogP contribution in [-0.4, -0.2) is 35.8 Å². The van der Waals surface area contributed by atoms with Crippen LogP contribution in [0, 0.1) is 6.92 Å². The number of rotatable bonds is 6. The van der Waals surface area contributed by atoms with E-state index in [1.807, 2.05) is 49.0 Å². The van der Waals surface area contributed by atoms with E-state index in [1.165, 1.54) is 11.3 Å². The molecule has 24 heavy (non-hydrogen) atoms. The second kappa shape index (κ2) is 7.34. The second-order valence-corrected chi connectivity index (χ2v) is 6.99. The van der Waals surface area contributed by atoms with Crippen molar-refractivity contribution in [3.8, 4) is 5.69 Å². The Morgan fingerprint density at radius 1 is 1.33 bits per heavy atom. The van der Waals surface area contributed by atoms with Gasteiger partial charge >= 0.3 is 0 Å². The molecule has 7 heteroatoms. The normalized spacial score (nSPS) is 11.1. The number of aryl methyl sites for hydroxylation is 1. The summed E-state index contributed by atoms with van der Waals surface area (Å²) in [5, 5.41) is 12.3. The number of aromatic nitrogens is 2. The Hall–Kier alpha value is -1.89. The van der Waals surface area contributed by atoms with E-state index < -0.39 is 0 Å². The monoisotopic (exact) mass is 362 g/mol. The molecular formula is C17H19ClN4OS. The van der Waals surface area contributed by atoms with Crippen LogP contribution in [0.25, 0.3) is 15.9 Å². The van der Waals surface area contributed by atoms with Crippen molar-refractivity contribution in [1.29, 1.82) is 0 Å². The van der Waals surface area contributed by atoms with E-state index in [9.17, 15) is 4.79 Å². The van der Waals surface area contributed by atoms with Crippen LogP contribution < -0.4 is 10.6 Å². The van der Waals surface area contributed by atoms with Gasteiger partial charge in [0.05, 0.1) is 16.3 Å². The lowest BCUT2D eigenvalue weighted by Gasteiger charge is -2.03. The lowest BCUT2D eigenvalue weighted by Crippen LogP contribution is -2.25. The number of hydrogen-bond acceptors (Lipinski definition) is 4. The van der Waals surface area contributed by atoms with Gasteiger partial charge in [-0.25, -0.2) is 4.68 Å². The summed E-state index contributed by atoms with van der Waals surface area (Å²) in [4.78, 5) is 14.0. The Kier molecular flexibility index (Phi) is 5.18. The van der Waals surface area contributed by atoms with Crippen LogP contribution in [0.2, 0.25) is 5.02 Å². The molecule has 0 saturated heterocycles. The first-order chi connectivity index (χ1) is 11.6. The maximum absolute atomic E-state index is 12.3. The molecule has 5 nitrogen and oxygen atoms in total. The minimum absolute atomic E-state index is 0.0376. The summed E-state index contributed by atoms with van der Waals surface area (Å²) in [6.07, 6.45) is 0.905. The molecule has 0 radical (unpaired) electrons. The first-order valence-corrected chi connectivity index (χ1v) is 8.97. The van der Waals surface area contributed by atoms with Gasteiger partial charge < -0.3 is 10.6 Å². The van der Waals surface area contributed by atoms with E-state index in [4.69, 9.17) is 11.6 Å². The van der Waals surface area contributed by atoms with Crippen LogP contribution in [0.3, 0.4) is 0 Å². The van der Waals surface area contributed by atoms with Crippen LogP contribution in [0.4, 0.5) is 0 Å². The van der Waals surface area contributed by atoms with Crippen molar-refractivity contribution in [3.05, 3.63) is 45.9 Å². The molecule has 0 saturated carbocycles. The summed E-state index contributed by atoms with van der Waals surface area (Å²) in [6, 6.07) is 9.46. The van der Waals surface area contributed by atoms with Gasteiger partial charge in [0, 0.05) is 17.0 Å². The zero-order valence-electron chi connectivity index (χ0n) is 13.6. The van der Waals surface area contributed by atoms with Crippen molar-refractivity contribution >= 4 is 39.1 Å².